The first kappa shape index (κ1) is 19.0. The fourth-order valence-corrected chi connectivity index (χ4v) is 2.62. The molecule has 7 heteroatoms. The molecule has 0 aliphatic rings. The number of carbonyl (C=O) groups is 2. The van der Waals surface area contributed by atoms with Crippen LogP contribution in [0.2, 0.25) is 5.02 Å². The molecule has 25 heavy (non-hydrogen) atoms. The van der Waals surface area contributed by atoms with Gasteiger partial charge in [0.1, 0.15) is 5.54 Å². The summed E-state index contributed by atoms with van der Waals surface area (Å²) in [6, 6.07) is 7.27. The van der Waals surface area contributed by atoms with E-state index in [1.54, 1.807) is 16.8 Å². The van der Waals surface area contributed by atoms with E-state index < -0.39 is 11.5 Å². The second kappa shape index (κ2) is 6.88. The van der Waals surface area contributed by atoms with Crippen molar-refractivity contribution in [2.45, 2.75) is 39.7 Å². The Morgan fingerprint density at radius 3 is 2.32 bits per heavy atom. The zero-order valence-corrected chi connectivity index (χ0v) is 15.8. The van der Waals surface area contributed by atoms with Crippen molar-refractivity contribution in [1.29, 1.82) is 0 Å². The van der Waals surface area contributed by atoms with E-state index in [1.165, 1.54) is 25.8 Å². The number of aromatic nitrogens is 2. The van der Waals surface area contributed by atoms with Crippen LogP contribution in [0.5, 0.6) is 0 Å². The number of benzene rings is 1. The van der Waals surface area contributed by atoms with Gasteiger partial charge in [0.2, 0.25) is 5.91 Å². The summed E-state index contributed by atoms with van der Waals surface area (Å²) >= 11 is 5.92. The van der Waals surface area contributed by atoms with Gasteiger partial charge in [-0.05, 0) is 52.0 Å². The Morgan fingerprint density at radius 2 is 1.80 bits per heavy atom. The van der Waals surface area contributed by atoms with E-state index in [0.717, 1.165) is 22.6 Å². The number of amides is 1. The van der Waals surface area contributed by atoms with Crippen molar-refractivity contribution in [3.63, 3.8) is 0 Å². The molecule has 0 spiro atoms. The number of likely N-dealkylation sites (N-methyl/N-ethyl adjacent to an activating group) is 1. The number of aliphatic carboxylic acids is 1. The molecule has 1 heterocycles. The average Bonchev–Trinajstić information content (AvgIpc) is 2.82. The second-order valence-electron chi connectivity index (χ2n) is 6.53. The summed E-state index contributed by atoms with van der Waals surface area (Å²) in [5.74, 6) is -1.32. The molecule has 0 radical (unpaired) electrons. The Hall–Kier alpha value is -2.34. The number of carboxylic acids is 1. The molecular formula is C18H22ClN3O3. The normalized spacial score (nSPS) is 11.4. The number of nitrogens with zero attached hydrogens (tertiary/aromatic N) is 3. The van der Waals surface area contributed by atoms with Crippen molar-refractivity contribution in [2.75, 3.05) is 7.05 Å². The van der Waals surface area contributed by atoms with Crippen molar-refractivity contribution in [1.82, 2.24) is 14.7 Å². The lowest BCUT2D eigenvalue weighted by molar-refractivity contribution is -0.155. The predicted octanol–water partition coefficient (Wildman–Crippen LogP) is 3.01. The topological polar surface area (TPSA) is 75.4 Å². The van der Waals surface area contributed by atoms with Gasteiger partial charge in [-0.3, -0.25) is 4.79 Å². The van der Waals surface area contributed by atoms with E-state index >= 15 is 0 Å². The highest BCUT2D eigenvalue weighted by atomic mass is 35.5. The summed E-state index contributed by atoms with van der Waals surface area (Å²) in [5.41, 5.74) is 1.96. The first-order valence-electron chi connectivity index (χ1n) is 7.86. The molecule has 0 saturated heterocycles. The first-order chi connectivity index (χ1) is 11.6. The van der Waals surface area contributed by atoms with Crippen LogP contribution in [-0.4, -0.2) is 44.3 Å². The van der Waals surface area contributed by atoms with E-state index in [-0.39, 0.29) is 12.3 Å². The molecule has 6 nitrogen and oxygen atoms in total. The largest absolute Gasteiger partial charge is 0.480 e. The first-order valence-corrected chi connectivity index (χ1v) is 8.24. The van der Waals surface area contributed by atoms with Crippen molar-refractivity contribution in [3.05, 3.63) is 46.2 Å². The molecule has 0 atom stereocenters. The molecule has 0 fully saturated rings. The standard InChI is InChI=1S/C18H22ClN3O3/c1-11-15(10-16(23)21(5)18(3,4)17(24)25)12(2)22(20-11)14-8-6-13(19)7-9-14/h6-9H,10H2,1-5H3,(H,24,25). The molecule has 0 aliphatic carbocycles. The predicted molar refractivity (Wildman–Crippen MR) is 96.2 cm³/mol. The molecule has 1 amide bonds. The molecule has 2 aromatic rings. The van der Waals surface area contributed by atoms with Gasteiger partial charge in [0.15, 0.2) is 0 Å². The van der Waals surface area contributed by atoms with E-state index in [9.17, 15) is 14.7 Å². The van der Waals surface area contributed by atoms with Gasteiger partial charge >= 0.3 is 5.97 Å². The fraction of sp³-hybridized carbons (Fsp3) is 0.389. The lowest BCUT2D eigenvalue weighted by Crippen LogP contribution is -2.51. The number of halogens is 1. The third-order valence-electron chi connectivity index (χ3n) is 4.58. The van der Waals surface area contributed by atoms with Crippen LogP contribution in [0.4, 0.5) is 0 Å². The van der Waals surface area contributed by atoms with E-state index in [1.807, 2.05) is 26.0 Å². The molecule has 0 bridgehead atoms. The summed E-state index contributed by atoms with van der Waals surface area (Å²) in [6.45, 7) is 6.73. The summed E-state index contributed by atoms with van der Waals surface area (Å²) in [7, 11) is 1.50. The minimum absolute atomic E-state index is 0.0957. The number of hydrogen-bond donors (Lipinski definition) is 1. The van der Waals surface area contributed by atoms with Crippen molar-refractivity contribution in [3.8, 4) is 5.69 Å². The Morgan fingerprint density at radius 1 is 1.24 bits per heavy atom. The van der Waals surface area contributed by atoms with Crippen LogP contribution in [-0.2, 0) is 16.0 Å². The average molecular weight is 364 g/mol. The van der Waals surface area contributed by atoms with Crippen molar-refractivity contribution in [2.24, 2.45) is 0 Å². The molecule has 0 saturated carbocycles. The highest BCUT2D eigenvalue weighted by molar-refractivity contribution is 6.30. The van der Waals surface area contributed by atoms with Crippen LogP contribution in [0, 0.1) is 13.8 Å². The molecule has 0 unspecified atom stereocenters. The third-order valence-corrected chi connectivity index (χ3v) is 4.83. The third kappa shape index (κ3) is 3.69. The Bertz CT molecular complexity index is 810. The number of rotatable bonds is 5. The van der Waals surface area contributed by atoms with Gasteiger partial charge in [-0.25, -0.2) is 9.48 Å². The lowest BCUT2D eigenvalue weighted by atomic mass is 10.0. The Labute approximate surface area is 152 Å². The quantitative estimate of drug-likeness (QED) is 0.886. The fourth-order valence-electron chi connectivity index (χ4n) is 2.49. The highest BCUT2D eigenvalue weighted by Gasteiger charge is 2.35. The summed E-state index contributed by atoms with van der Waals surface area (Å²) in [4.78, 5) is 25.2. The van der Waals surface area contributed by atoms with Crippen molar-refractivity contribution < 1.29 is 14.7 Å². The Balaban J connectivity index is 2.31. The van der Waals surface area contributed by atoms with Gasteiger partial charge in [0.25, 0.3) is 0 Å². The summed E-state index contributed by atoms with van der Waals surface area (Å²) in [5, 5.41) is 14.4. The Kier molecular flexibility index (Phi) is 5.23. The monoisotopic (exact) mass is 363 g/mol. The minimum Gasteiger partial charge on any atom is -0.480 e. The van der Waals surface area contributed by atoms with E-state index in [2.05, 4.69) is 5.10 Å². The smallest absolute Gasteiger partial charge is 0.329 e. The minimum atomic E-state index is -1.27. The molecule has 134 valence electrons. The van der Waals surface area contributed by atoms with Crippen LogP contribution < -0.4 is 0 Å². The maximum atomic E-state index is 12.6. The van der Waals surface area contributed by atoms with Crippen LogP contribution in [0.3, 0.4) is 0 Å². The summed E-state index contributed by atoms with van der Waals surface area (Å²) < 4.78 is 1.76. The number of aryl methyl sites for hydroxylation is 1. The number of hydrogen-bond acceptors (Lipinski definition) is 3. The molecule has 1 aromatic heterocycles. The molecule has 0 aliphatic heterocycles. The molecular weight excluding hydrogens is 342 g/mol. The van der Waals surface area contributed by atoms with Crippen LogP contribution >= 0.6 is 11.6 Å². The molecule has 2 rings (SSSR count). The van der Waals surface area contributed by atoms with Gasteiger partial charge in [0, 0.05) is 23.3 Å². The van der Waals surface area contributed by atoms with Gasteiger partial charge in [-0.1, -0.05) is 11.6 Å². The molecule has 1 aromatic carbocycles. The van der Waals surface area contributed by atoms with E-state index in [4.69, 9.17) is 11.6 Å². The van der Waals surface area contributed by atoms with Crippen LogP contribution in [0.15, 0.2) is 24.3 Å². The lowest BCUT2D eigenvalue weighted by Gasteiger charge is -2.31. The van der Waals surface area contributed by atoms with Crippen molar-refractivity contribution >= 4 is 23.5 Å². The maximum absolute atomic E-state index is 12.6. The number of carbonyl (C=O) groups excluding carboxylic acids is 1. The van der Waals surface area contributed by atoms with Crippen LogP contribution in [0.25, 0.3) is 5.69 Å². The highest BCUT2D eigenvalue weighted by Crippen LogP contribution is 2.22. The zero-order chi connectivity index (χ0) is 18.9. The van der Waals surface area contributed by atoms with Gasteiger partial charge < -0.3 is 10.0 Å². The maximum Gasteiger partial charge on any atom is 0.329 e. The SMILES string of the molecule is Cc1nn(-c2ccc(Cl)cc2)c(C)c1CC(=O)N(C)C(C)(C)C(=O)O. The number of carboxylic acid groups (broad SMARTS) is 1. The van der Waals surface area contributed by atoms with E-state index in [0.29, 0.717) is 5.02 Å². The van der Waals surface area contributed by atoms with Crippen LogP contribution in [0.1, 0.15) is 30.8 Å². The zero-order valence-electron chi connectivity index (χ0n) is 15.0. The van der Waals surface area contributed by atoms with Gasteiger partial charge in [-0.2, -0.15) is 5.10 Å². The second-order valence-corrected chi connectivity index (χ2v) is 6.97. The van der Waals surface area contributed by atoms with Gasteiger partial charge in [0.05, 0.1) is 17.8 Å². The van der Waals surface area contributed by atoms with Gasteiger partial charge in [-0.15, -0.1) is 0 Å². The summed E-state index contributed by atoms with van der Waals surface area (Å²) in [6.07, 6.45) is 0.0957. The molecule has 1 N–H and O–H groups in total.